The molecule has 6 heteroatoms. The van der Waals surface area contributed by atoms with Crippen LogP contribution in [-0.4, -0.2) is 28.0 Å². The number of nitriles is 1. The number of rotatable bonds is 4. The van der Waals surface area contributed by atoms with E-state index in [0.29, 0.717) is 28.3 Å². The molecule has 1 aromatic heterocycles. The molecule has 0 amide bonds. The summed E-state index contributed by atoms with van der Waals surface area (Å²) in [5, 5.41) is 23.0. The summed E-state index contributed by atoms with van der Waals surface area (Å²) in [5.41, 5.74) is 2.92. The molecule has 1 heterocycles. The van der Waals surface area contributed by atoms with E-state index in [-0.39, 0.29) is 5.56 Å². The van der Waals surface area contributed by atoms with Crippen molar-refractivity contribution in [1.82, 2.24) is 9.78 Å². The number of carboxylic acids is 1. The summed E-state index contributed by atoms with van der Waals surface area (Å²) in [6.45, 7) is 1.72. The largest absolute Gasteiger partial charge is 0.497 e. The van der Waals surface area contributed by atoms with Crippen molar-refractivity contribution < 1.29 is 14.6 Å². The van der Waals surface area contributed by atoms with Gasteiger partial charge in [-0.15, -0.1) is 0 Å². The van der Waals surface area contributed by atoms with Gasteiger partial charge in [0.2, 0.25) is 0 Å². The highest BCUT2D eigenvalue weighted by Gasteiger charge is 2.22. The van der Waals surface area contributed by atoms with Crippen LogP contribution in [0, 0.1) is 18.3 Å². The van der Waals surface area contributed by atoms with Gasteiger partial charge in [-0.2, -0.15) is 10.4 Å². The molecule has 6 nitrogen and oxygen atoms in total. The molecule has 0 saturated heterocycles. The Bertz CT molecular complexity index is 965. The minimum atomic E-state index is -1.04. The van der Waals surface area contributed by atoms with Gasteiger partial charge in [-0.3, -0.25) is 0 Å². The van der Waals surface area contributed by atoms with Gasteiger partial charge in [0.25, 0.3) is 0 Å². The molecule has 0 aliphatic rings. The molecule has 0 radical (unpaired) electrons. The summed E-state index contributed by atoms with van der Waals surface area (Å²) in [6.07, 6.45) is 0. The first-order valence-corrected chi connectivity index (χ1v) is 7.53. The number of nitrogens with zero attached hydrogens (tertiary/aromatic N) is 3. The molecule has 0 unspecified atom stereocenters. The van der Waals surface area contributed by atoms with E-state index in [1.54, 1.807) is 55.1 Å². The summed E-state index contributed by atoms with van der Waals surface area (Å²) in [7, 11) is 1.58. The highest BCUT2D eigenvalue weighted by Crippen LogP contribution is 2.28. The van der Waals surface area contributed by atoms with Crippen LogP contribution in [-0.2, 0) is 0 Å². The smallest absolute Gasteiger partial charge is 0.339 e. The lowest BCUT2D eigenvalue weighted by Gasteiger charge is -2.05. The van der Waals surface area contributed by atoms with Crippen molar-refractivity contribution in [2.45, 2.75) is 6.92 Å². The Balaban J connectivity index is 2.15. The van der Waals surface area contributed by atoms with Crippen molar-refractivity contribution in [2.24, 2.45) is 0 Å². The maximum absolute atomic E-state index is 11.8. The Morgan fingerprint density at radius 1 is 1.16 bits per heavy atom. The molecular formula is C19H15N3O3. The number of aromatic nitrogens is 2. The maximum Gasteiger partial charge on any atom is 0.339 e. The second-order valence-electron chi connectivity index (χ2n) is 5.41. The quantitative estimate of drug-likeness (QED) is 0.790. The molecule has 0 aliphatic carbocycles. The minimum Gasteiger partial charge on any atom is -0.497 e. The highest BCUT2D eigenvalue weighted by atomic mass is 16.5. The van der Waals surface area contributed by atoms with Crippen LogP contribution in [0.2, 0.25) is 0 Å². The van der Waals surface area contributed by atoms with Crippen molar-refractivity contribution in [3.05, 3.63) is 65.4 Å². The van der Waals surface area contributed by atoms with Gasteiger partial charge in [0.05, 0.1) is 30.1 Å². The SMILES string of the molecule is COc1ccc(-n2nc(-c3ccc(C#N)cc3)c(C(=O)O)c2C)cc1. The van der Waals surface area contributed by atoms with E-state index in [0.717, 1.165) is 5.69 Å². The van der Waals surface area contributed by atoms with Crippen molar-refractivity contribution in [3.63, 3.8) is 0 Å². The number of benzene rings is 2. The van der Waals surface area contributed by atoms with Gasteiger partial charge in [-0.05, 0) is 43.3 Å². The molecule has 1 N–H and O–H groups in total. The normalized spacial score (nSPS) is 10.3. The van der Waals surface area contributed by atoms with Gasteiger partial charge in [0.15, 0.2) is 0 Å². The molecule has 3 rings (SSSR count). The number of aromatic carboxylic acids is 1. The molecule has 0 bridgehead atoms. The Hall–Kier alpha value is -3.59. The monoisotopic (exact) mass is 333 g/mol. The Morgan fingerprint density at radius 2 is 1.80 bits per heavy atom. The van der Waals surface area contributed by atoms with Crippen LogP contribution in [0.5, 0.6) is 5.75 Å². The molecule has 0 atom stereocenters. The number of carbonyl (C=O) groups is 1. The van der Waals surface area contributed by atoms with Crippen LogP contribution >= 0.6 is 0 Å². The summed E-state index contributed by atoms with van der Waals surface area (Å²) >= 11 is 0. The van der Waals surface area contributed by atoms with Crippen molar-refractivity contribution in [3.8, 4) is 28.8 Å². The fourth-order valence-electron chi connectivity index (χ4n) is 2.64. The predicted molar refractivity (Wildman–Crippen MR) is 92.0 cm³/mol. The Kier molecular flexibility index (Phi) is 4.23. The first kappa shape index (κ1) is 16.3. The van der Waals surface area contributed by atoms with Crippen LogP contribution in [0.1, 0.15) is 21.6 Å². The lowest BCUT2D eigenvalue weighted by molar-refractivity contribution is 0.0697. The molecule has 0 fully saturated rings. The van der Waals surface area contributed by atoms with Gasteiger partial charge in [-0.25, -0.2) is 9.48 Å². The van der Waals surface area contributed by atoms with E-state index in [9.17, 15) is 9.90 Å². The lowest BCUT2D eigenvalue weighted by Crippen LogP contribution is -2.02. The summed E-state index contributed by atoms with van der Waals surface area (Å²) < 4.78 is 6.74. The van der Waals surface area contributed by atoms with Gasteiger partial charge in [0, 0.05) is 5.56 Å². The number of carboxylic acid groups (broad SMARTS) is 1. The summed E-state index contributed by atoms with van der Waals surface area (Å²) in [6, 6.07) is 15.9. The van der Waals surface area contributed by atoms with Gasteiger partial charge < -0.3 is 9.84 Å². The lowest BCUT2D eigenvalue weighted by atomic mass is 10.0. The van der Waals surface area contributed by atoms with Crippen molar-refractivity contribution >= 4 is 5.97 Å². The minimum absolute atomic E-state index is 0.139. The second kappa shape index (κ2) is 6.49. The molecule has 2 aromatic carbocycles. The average Bonchev–Trinajstić information content (AvgIpc) is 2.99. The third-order valence-electron chi connectivity index (χ3n) is 3.93. The highest BCUT2D eigenvalue weighted by molar-refractivity contribution is 5.96. The fourth-order valence-corrected chi connectivity index (χ4v) is 2.64. The van der Waals surface area contributed by atoms with Crippen LogP contribution in [0.15, 0.2) is 48.5 Å². The van der Waals surface area contributed by atoms with Crippen LogP contribution < -0.4 is 4.74 Å². The summed E-state index contributed by atoms with van der Waals surface area (Å²) in [4.78, 5) is 11.8. The molecule has 124 valence electrons. The molecule has 25 heavy (non-hydrogen) atoms. The van der Waals surface area contributed by atoms with Gasteiger partial charge >= 0.3 is 5.97 Å². The van der Waals surface area contributed by atoms with Gasteiger partial charge in [0.1, 0.15) is 17.0 Å². The molecule has 0 saturated carbocycles. The topological polar surface area (TPSA) is 88.1 Å². The molecule has 3 aromatic rings. The second-order valence-corrected chi connectivity index (χ2v) is 5.41. The first-order valence-electron chi connectivity index (χ1n) is 7.53. The van der Waals surface area contributed by atoms with E-state index < -0.39 is 5.97 Å². The Morgan fingerprint density at radius 3 is 2.32 bits per heavy atom. The predicted octanol–water partition coefficient (Wildman–Crippen LogP) is 3.43. The maximum atomic E-state index is 11.8. The van der Waals surface area contributed by atoms with Crippen LogP contribution in [0.25, 0.3) is 16.9 Å². The van der Waals surface area contributed by atoms with Crippen LogP contribution in [0.4, 0.5) is 0 Å². The van der Waals surface area contributed by atoms with E-state index in [1.165, 1.54) is 0 Å². The van der Waals surface area contributed by atoms with E-state index >= 15 is 0 Å². The Labute approximate surface area is 144 Å². The van der Waals surface area contributed by atoms with E-state index in [1.807, 2.05) is 18.2 Å². The van der Waals surface area contributed by atoms with E-state index in [2.05, 4.69) is 5.10 Å². The number of ether oxygens (including phenoxy) is 1. The standard InChI is InChI=1S/C19H15N3O3/c1-12-17(19(23)24)18(14-5-3-13(11-20)4-6-14)21-22(12)15-7-9-16(25-2)10-8-15/h3-10H,1-2H3,(H,23,24). The first-order chi connectivity index (χ1) is 12.0. The van der Waals surface area contributed by atoms with Gasteiger partial charge in [-0.1, -0.05) is 12.1 Å². The molecule has 0 aliphatic heterocycles. The molecular weight excluding hydrogens is 318 g/mol. The van der Waals surface area contributed by atoms with Crippen molar-refractivity contribution in [2.75, 3.05) is 7.11 Å². The molecule has 0 spiro atoms. The average molecular weight is 333 g/mol. The van der Waals surface area contributed by atoms with Crippen molar-refractivity contribution in [1.29, 1.82) is 5.26 Å². The number of hydrogen-bond acceptors (Lipinski definition) is 4. The number of methoxy groups -OCH3 is 1. The third kappa shape index (κ3) is 2.95. The third-order valence-corrected chi connectivity index (χ3v) is 3.93. The fraction of sp³-hybridized carbons (Fsp3) is 0.105. The number of hydrogen-bond donors (Lipinski definition) is 1. The van der Waals surface area contributed by atoms with Crippen LogP contribution in [0.3, 0.4) is 0 Å². The zero-order valence-electron chi connectivity index (χ0n) is 13.7. The van der Waals surface area contributed by atoms with E-state index in [4.69, 9.17) is 10.00 Å². The zero-order valence-corrected chi connectivity index (χ0v) is 13.7. The zero-order chi connectivity index (χ0) is 18.0. The summed E-state index contributed by atoms with van der Waals surface area (Å²) in [5.74, 6) is -0.337.